The summed E-state index contributed by atoms with van der Waals surface area (Å²) in [5, 5.41) is 23.3. The van der Waals surface area contributed by atoms with Crippen LogP contribution in [0.3, 0.4) is 0 Å². The van der Waals surface area contributed by atoms with Gasteiger partial charge >= 0.3 is 5.97 Å². The highest BCUT2D eigenvalue weighted by molar-refractivity contribution is 5.76. The SMILES string of the molecule is CCCCCCCCCCCCCCCCCC(O)C(CO)NC(=O)CCCCCCCCC/C=C\CCCCCCCCCCCCCOC(=O)CCCCCCCCCCCCCCCC. The fraction of sp³-hybridized carbons (Fsp3) is 0.935. The molecule has 68 heavy (non-hydrogen) atoms. The fourth-order valence-corrected chi connectivity index (χ4v) is 9.81. The van der Waals surface area contributed by atoms with Crippen molar-refractivity contribution in [3.63, 3.8) is 0 Å². The zero-order valence-electron chi connectivity index (χ0n) is 46.1. The van der Waals surface area contributed by atoms with Gasteiger partial charge in [-0.25, -0.2) is 0 Å². The second-order valence-corrected chi connectivity index (χ2v) is 21.4. The summed E-state index contributed by atoms with van der Waals surface area (Å²) >= 11 is 0. The number of hydrogen-bond acceptors (Lipinski definition) is 5. The Kier molecular flexibility index (Phi) is 57.0. The van der Waals surface area contributed by atoms with Crippen molar-refractivity contribution < 1.29 is 24.5 Å². The molecule has 0 spiro atoms. The van der Waals surface area contributed by atoms with Gasteiger partial charge in [0.1, 0.15) is 0 Å². The van der Waals surface area contributed by atoms with Crippen LogP contribution < -0.4 is 5.32 Å². The highest BCUT2D eigenvalue weighted by atomic mass is 16.5. The van der Waals surface area contributed by atoms with Gasteiger partial charge < -0.3 is 20.3 Å². The zero-order chi connectivity index (χ0) is 49.3. The molecule has 0 radical (unpaired) electrons. The van der Waals surface area contributed by atoms with Gasteiger partial charge in [-0.3, -0.25) is 9.59 Å². The summed E-state index contributed by atoms with van der Waals surface area (Å²) < 4.78 is 5.48. The maximum absolute atomic E-state index is 12.5. The molecular formula is C62H121NO5. The van der Waals surface area contributed by atoms with E-state index in [2.05, 4.69) is 31.3 Å². The third kappa shape index (κ3) is 53.9. The summed E-state index contributed by atoms with van der Waals surface area (Å²) in [6.07, 6.45) is 69.3. The Hall–Kier alpha value is -1.40. The van der Waals surface area contributed by atoms with E-state index in [-0.39, 0.29) is 18.5 Å². The molecule has 2 atom stereocenters. The van der Waals surface area contributed by atoms with Crippen molar-refractivity contribution in [2.24, 2.45) is 0 Å². The van der Waals surface area contributed by atoms with Crippen LogP contribution in [0.15, 0.2) is 12.2 Å². The van der Waals surface area contributed by atoms with Gasteiger partial charge in [0.2, 0.25) is 5.91 Å². The molecule has 1 amide bonds. The Morgan fingerprint density at radius 2 is 0.691 bits per heavy atom. The van der Waals surface area contributed by atoms with Crippen LogP contribution in [-0.2, 0) is 14.3 Å². The van der Waals surface area contributed by atoms with Crippen molar-refractivity contribution in [3.8, 4) is 0 Å². The lowest BCUT2D eigenvalue weighted by molar-refractivity contribution is -0.143. The van der Waals surface area contributed by atoms with Crippen LogP contribution in [-0.4, -0.2) is 47.4 Å². The Bertz CT molecular complexity index is 1020. The van der Waals surface area contributed by atoms with E-state index < -0.39 is 12.1 Å². The number of nitrogens with one attached hydrogen (secondary N) is 1. The number of carbonyl (C=O) groups is 2. The predicted molar refractivity (Wildman–Crippen MR) is 297 cm³/mol. The molecule has 3 N–H and O–H groups in total. The van der Waals surface area contributed by atoms with Crippen LogP contribution in [0.2, 0.25) is 0 Å². The summed E-state index contributed by atoms with van der Waals surface area (Å²) in [4.78, 5) is 24.5. The molecule has 0 aliphatic heterocycles. The minimum absolute atomic E-state index is 0.0129. The number of aliphatic hydroxyl groups excluding tert-OH is 2. The monoisotopic (exact) mass is 960 g/mol. The Balaban J connectivity index is 3.40. The van der Waals surface area contributed by atoms with Crippen molar-refractivity contribution in [3.05, 3.63) is 12.2 Å². The standard InChI is InChI=1S/C62H121NO5/c1-3-5-7-9-11-13-15-17-27-30-34-38-42-46-50-54-60(65)59(58-64)63-61(66)55-51-47-43-39-35-31-28-25-23-21-19-20-22-24-26-29-33-37-41-45-49-53-57-68-62(67)56-52-48-44-40-36-32-18-16-14-12-10-8-6-4-2/h21,23,59-60,64-65H,3-20,22,24-58H2,1-2H3,(H,63,66)/b23-21-. The van der Waals surface area contributed by atoms with Gasteiger partial charge in [0.05, 0.1) is 25.4 Å². The molecule has 6 heteroatoms. The number of esters is 1. The maximum Gasteiger partial charge on any atom is 0.305 e. The van der Waals surface area contributed by atoms with Gasteiger partial charge in [0, 0.05) is 12.8 Å². The number of amides is 1. The molecule has 0 aromatic heterocycles. The molecular weight excluding hydrogens is 839 g/mol. The molecule has 0 rings (SSSR count). The van der Waals surface area contributed by atoms with E-state index >= 15 is 0 Å². The summed E-state index contributed by atoms with van der Waals surface area (Å²) in [5.74, 6) is -0.0267. The lowest BCUT2D eigenvalue weighted by Gasteiger charge is -2.22. The second kappa shape index (κ2) is 58.2. The van der Waals surface area contributed by atoms with Gasteiger partial charge in [0.25, 0.3) is 0 Å². The first-order valence-electron chi connectivity index (χ1n) is 30.9. The van der Waals surface area contributed by atoms with Crippen molar-refractivity contribution in [2.75, 3.05) is 13.2 Å². The molecule has 2 unspecified atom stereocenters. The third-order valence-corrected chi connectivity index (χ3v) is 14.6. The highest BCUT2D eigenvalue weighted by Crippen LogP contribution is 2.18. The number of hydrogen-bond donors (Lipinski definition) is 3. The number of ether oxygens (including phenoxy) is 1. The summed E-state index contributed by atoms with van der Waals surface area (Å²) in [7, 11) is 0. The van der Waals surface area contributed by atoms with Crippen molar-refractivity contribution in [1.82, 2.24) is 5.32 Å². The van der Waals surface area contributed by atoms with Crippen LogP contribution in [0.1, 0.15) is 348 Å². The minimum atomic E-state index is -0.667. The Morgan fingerprint density at radius 3 is 1.04 bits per heavy atom. The topological polar surface area (TPSA) is 95.9 Å². The van der Waals surface area contributed by atoms with E-state index in [9.17, 15) is 19.8 Å². The largest absolute Gasteiger partial charge is 0.466 e. The van der Waals surface area contributed by atoms with Crippen molar-refractivity contribution in [2.45, 2.75) is 360 Å². The molecule has 0 bridgehead atoms. The van der Waals surface area contributed by atoms with E-state index in [1.54, 1.807) is 0 Å². The zero-order valence-corrected chi connectivity index (χ0v) is 46.1. The van der Waals surface area contributed by atoms with Gasteiger partial charge in [-0.05, 0) is 51.4 Å². The maximum atomic E-state index is 12.5. The lowest BCUT2D eigenvalue weighted by Crippen LogP contribution is -2.45. The van der Waals surface area contributed by atoms with E-state index in [0.29, 0.717) is 25.9 Å². The fourth-order valence-electron chi connectivity index (χ4n) is 9.81. The number of rotatable bonds is 58. The highest BCUT2D eigenvalue weighted by Gasteiger charge is 2.20. The van der Waals surface area contributed by atoms with Crippen LogP contribution in [0.4, 0.5) is 0 Å². The number of unbranched alkanes of at least 4 members (excludes halogenated alkanes) is 45. The van der Waals surface area contributed by atoms with Gasteiger partial charge in [-0.2, -0.15) is 0 Å². The predicted octanol–water partition coefficient (Wildman–Crippen LogP) is 19.2. The van der Waals surface area contributed by atoms with E-state index in [1.165, 1.54) is 276 Å². The molecule has 0 aromatic carbocycles. The molecule has 0 saturated carbocycles. The molecule has 0 aromatic rings. The number of aliphatic hydroxyl groups is 2. The van der Waals surface area contributed by atoms with Crippen LogP contribution >= 0.6 is 0 Å². The average molecular weight is 961 g/mol. The number of allylic oxidation sites excluding steroid dienone is 2. The van der Waals surface area contributed by atoms with E-state index in [4.69, 9.17) is 4.74 Å². The molecule has 0 fully saturated rings. The van der Waals surface area contributed by atoms with Gasteiger partial charge in [-0.15, -0.1) is 0 Å². The Labute approximate surface area is 425 Å². The summed E-state index contributed by atoms with van der Waals surface area (Å²) in [6, 6.07) is -0.545. The number of carbonyl (C=O) groups excluding carboxylic acids is 2. The van der Waals surface area contributed by atoms with Crippen LogP contribution in [0.25, 0.3) is 0 Å². The molecule has 404 valence electrons. The second-order valence-electron chi connectivity index (χ2n) is 21.4. The van der Waals surface area contributed by atoms with Crippen LogP contribution in [0.5, 0.6) is 0 Å². The summed E-state index contributed by atoms with van der Waals surface area (Å²) in [5.41, 5.74) is 0. The van der Waals surface area contributed by atoms with Crippen LogP contribution in [0, 0.1) is 0 Å². The Morgan fingerprint density at radius 1 is 0.397 bits per heavy atom. The van der Waals surface area contributed by atoms with Gasteiger partial charge in [0.15, 0.2) is 0 Å². The first-order valence-corrected chi connectivity index (χ1v) is 30.9. The van der Waals surface area contributed by atoms with E-state index in [0.717, 1.165) is 38.5 Å². The summed E-state index contributed by atoms with van der Waals surface area (Å²) in [6.45, 7) is 4.97. The van der Waals surface area contributed by atoms with Crippen molar-refractivity contribution >= 4 is 11.9 Å². The molecule has 0 heterocycles. The molecule has 0 aliphatic carbocycles. The molecule has 0 saturated heterocycles. The minimum Gasteiger partial charge on any atom is -0.466 e. The normalized spacial score (nSPS) is 12.6. The average Bonchev–Trinajstić information content (AvgIpc) is 3.34. The molecule has 0 aliphatic rings. The first kappa shape index (κ1) is 66.6. The smallest absolute Gasteiger partial charge is 0.305 e. The van der Waals surface area contributed by atoms with Crippen molar-refractivity contribution in [1.29, 1.82) is 0 Å². The molecule has 6 nitrogen and oxygen atoms in total. The quantitative estimate of drug-likeness (QED) is 0.0321. The van der Waals surface area contributed by atoms with E-state index in [1.807, 2.05) is 0 Å². The lowest BCUT2D eigenvalue weighted by atomic mass is 10.0. The first-order chi connectivity index (χ1) is 33.5. The van der Waals surface area contributed by atoms with Gasteiger partial charge in [-0.1, -0.05) is 296 Å². The third-order valence-electron chi connectivity index (χ3n) is 14.6.